The van der Waals surface area contributed by atoms with Gasteiger partial charge in [-0.2, -0.15) is 9.97 Å². The fourth-order valence-corrected chi connectivity index (χ4v) is 3.13. The van der Waals surface area contributed by atoms with E-state index >= 15 is 0 Å². The highest BCUT2D eigenvalue weighted by Gasteiger charge is 2.19. The summed E-state index contributed by atoms with van der Waals surface area (Å²) in [5.74, 6) is 7.35. The highest BCUT2D eigenvalue weighted by molar-refractivity contribution is 5.67. The van der Waals surface area contributed by atoms with Crippen LogP contribution in [0.4, 0.5) is 11.8 Å². The maximum Gasteiger partial charge on any atom is 0.352 e. The van der Waals surface area contributed by atoms with Gasteiger partial charge in [-0.05, 0) is 43.0 Å². The van der Waals surface area contributed by atoms with Crippen LogP contribution in [0.15, 0.2) is 47.4 Å². The molecule has 0 saturated heterocycles. The highest BCUT2D eigenvalue weighted by Crippen LogP contribution is 2.28. The van der Waals surface area contributed by atoms with E-state index in [0.717, 1.165) is 29.5 Å². The van der Waals surface area contributed by atoms with E-state index in [1.807, 2.05) is 19.1 Å². The lowest BCUT2D eigenvalue weighted by molar-refractivity contribution is 0.680. The topological polar surface area (TPSA) is 89.9 Å². The van der Waals surface area contributed by atoms with E-state index in [-0.39, 0.29) is 11.6 Å². The van der Waals surface area contributed by atoms with Crippen LogP contribution in [0, 0.1) is 0 Å². The monoisotopic (exact) mass is 364 g/mol. The first-order chi connectivity index (χ1) is 13.1. The molecule has 27 heavy (non-hydrogen) atoms. The molecule has 0 radical (unpaired) electrons. The van der Waals surface area contributed by atoms with Crippen LogP contribution in [0.2, 0.25) is 0 Å². The zero-order valence-electron chi connectivity index (χ0n) is 15.9. The molecule has 3 aromatic rings. The number of aryl methyl sites for hydroxylation is 2. The Kier molecular flexibility index (Phi) is 5.61. The van der Waals surface area contributed by atoms with Crippen molar-refractivity contribution < 1.29 is 0 Å². The second kappa shape index (κ2) is 8.09. The van der Waals surface area contributed by atoms with Gasteiger partial charge in [0.25, 0.3) is 5.95 Å². The van der Waals surface area contributed by atoms with Crippen molar-refractivity contribution in [3.05, 3.63) is 64.2 Å². The first-order valence-electron chi connectivity index (χ1n) is 9.16. The number of benzene rings is 1. The molecule has 2 heterocycles. The maximum atomic E-state index is 12.7. The molecule has 0 aliphatic heterocycles. The van der Waals surface area contributed by atoms with Gasteiger partial charge < -0.3 is 0 Å². The molecule has 0 aliphatic rings. The predicted octanol–water partition coefficient (Wildman–Crippen LogP) is 2.86. The molecule has 3 rings (SSSR count). The predicted molar refractivity (Wildman–Crippen MR) is 107 cm³/mol. The van der Waals surface area contributed by atoms with Crippen molar-refractivity contribution in [1.29, 1.82) is 0 Å². The second-order valence-corrected chi connectivity index (χ2v) is 6.09. The molecule has 0 spiro atoms. The van der Waals surface area contributed by atoms with Crippen molar-refractivity contribution in [2.45, 2.75) is 40.2 Å². The van der Waals surface area contributed by atoms with E-state index in [9.17, 15) is 4.79 Å². The molecular formula is C20H24N6O. The van der Waals surface area contributed by atoms with Crippen LogP contribution in [-0.4, -0.2) is 19.5 Å². The molecule has 7 nitrogen and oxygen atoms in total. The van der Waals surface area contributed by atoms with E-state index in [0.29, 0.717) is 18.2 Å². The Bertz CT molecular complexity index is 961. The van der Waals surface area contributed by atoms with Gasteiger partial charge in [0.15, 0.2) is 0 Å². The summed E-state index contributed by atoms with van der Waals surface area (Å²) in [6.07, 6.45) is 3.31. The molecule has 0 aliphatic carbocycles. The fraction of sp³-hybridized carbons (Fsp3) is 0.300. The quantitative estimate of drug-likeness (QED) is 0.534. The van der Waals surface area contributed by atoms with Gasteiger partial charge in [0.05, 0.1) is 0 Å². The van der Waals surface area contributed by atoms with Crippen LogP contribution in [0.3, 0.4) is 0 Å². The van der Waals surface area contributed by atoms with E-state index < -0.39 is 0 Å². The van der Waals surface area contributed by atoms with Gasteiger partial charge in [0.2, 0.25) is 0 Å². The Morgan fingerprint density at radius 2 is 1.70 bits per heavy atom. The summed E-state index contributed by atoms with van der Waals surface area (Å²) in [5, 5.41) is 1.24. The third-order valence-electron chi connectivity index (χ3n) is 4.54. The number of anilines is 2. The SMILES string of the molecule is CCc1cccc(CC)c1-c1nc(N(N)c2ccccn2)nc(=O)n1CC. The van der Waals surface area contributed by atoms with Crippen molar-refractivity contribution in [1.82, 2.24) is 19.5 Å². The molecule has 0 saturated carbocycles. The van der Waals surface area contributed by atoms with Gasteiger partial charge in [-0.3, -0.25) is 4.57 Å². The zero-order valence-corrected chi connectivity index (χ0v) is 15.9. The molecule has 0 bridgehead atoms. The average Bonchev–Trinajstić information content (AvgIpc) is 2.72. The Labute approximate surface area is 158 Å². The average molecular weight is 364 g/mol. The number of rotatable bonds is 6. The number of hydrogen-bond acceptors (Lipinski definition) is 6. The van der Waals surface area contributed by atoms with Crippen LogP contribution >= 0.6 is 0 Å². The molecule has 0 fully saturated rings. The van der Waals surface area contributed by atoms with Crippen molar-refractivity contribution in [3.63, 3.8) is 0 Å². The molecule has 2 aromatic heterocycles. The maximum absolute atomic E-state index is 12.7. The number of hydrogen-bond donors (Lipinski definition) is 1. The highest BCUT2D eigenvalue weighted by atomic mass is 16.1. The largest absolute Gasteiger partial charge is 0.352 e. The Balaban J connectivity index is 2.25. The summed E-state index contributed by atoms with van der Waals surface area (Å²) in [5.41, 5.74) is 2.89. The number of pyridine rings is 1. The standard InChI is InChI=1S/C20H24N6O/c1-4-14-10-9-11-15(5-2)17(14)18-23-19(24-20(27)25(18)6-3)26(21)16-12-7-8-13-22-16/h7-13H,4-6,21H2,1-3H3. The van der Waals surface area contributed by atoms with Gasteiger partial charge in [-0.1, -0.05) is 38.1 Å². The fourth-order valence-electron chi connectivity index (χ4n) is 3.13. The van der Waals surface area contributed by atoms with Crippen LogP contribution < -0.4 is 16.5 Å². The van der Waals surface area contributed by atoms with Gasteiger partial charge in [0, 0.05) is 18.3 Å². The first-order valence-corrected chi connectivity index (χ1v) is 9.16. The third-order valence-corrected chi connectivity index (χ3v) is 4.54. The van der Waals surface area contributed by atoms with Gasteiger partial charge in [-0.25, -0.2) is 20.6 Å². The minimum absolute atomic E-state index is 0.131. The minimum atomic E-state index is -0.378. The van der Waals surface area contributed by atoms with Crippen LogP contribution in [0.5, 0.6) is 0 Å². The lowest BCUT2D eigenvalue weighted by Gasteiger charge is -2.20. The molecule has 7 heteroatoms. The number of aromatic nitrogens is 4. The minimum Gasteiger partial charge on any atom is -0.276 e. The Morgan fingerprint density at radius 3 is 2.26 bits per heavy atom. The molecule has 2 N–H and O–H groups in total. The lowest BCUT2D eigenvalue weighted by atomic mass is 9.97. The van der Waals surface area contributed by atoms with Crippen LogP contribution in [0.25, 0.3) is 11.4 Å². The summed E-state index contributed by atoms with van der Waals surface area (Å²) < 4.78 is 1.59. The summed E-state index contributed by atoms with van der Waals surface area (Å²) in [6.45, 7) is 6.58. The molecule has 140 valence electrons. The number of nitrogens with zero attached hydrogens (tertiary/aromatic N) is 5. The summed E-state index contributed by atoms with van der Waals surface area (Å²) in [7, 11) is 0. The molecule has 0 atom stereocenters. The van der Waals surface area contributed by atoms with Crippen LogP contribution in [-0.2, 0) is 19.4 Å². The van der Waals surface area contributed by atoms with Gasteiger partial charge in [-0.15, -0.1) is 0 Å². The van der Waals surface area contributed by atoms with Crippen LogP contribution in [0.1, 0.15) is 31.9 Å². The third kappa shape index (κ3) is 3.59. The normalized spacial score (nSPS) is 10.8. The Hall–Kier alpha value is -3.06. The van der Waals surface area contributed by atoms with E-state index in [4.69, 9.17) is 5.84 Å². The molecular weight excluding hydrogens is 340 g/mol. The van der Waals surface area contributed by atoms with Crippen molar-refractivity contribution >= 4 is 11.8 Å². The summed E-state index contributed by atoms with van der Waals surface area (Å²) in [4.78, 5) is 25.7. The smallest absolute Gasteiger partial charge is 0.276 e. The Morgan fingerprint density at radius 1 is 1.00 bits per heavy atom. The molecule has 0 unspecified atom stereocenters. The van der Waals surface area contributed by atoms with Crippen molar-refractivity contribution in [2.24, 2.45) is 5.84 Å². The first kappa shape index (κ1) is 18.7. The molecule has 0 amide bonds. The second-order valence-electron chi connectivity index (χ2n) is 6.09. The lowest BCUT2D eigenvalue weighted by Crippen LogP contribution is -2.34. The van der Waals surface area contributed by atoms with E-state index in [2.05, 4.69) is 40.9 Å². The molecule has 1 aromatic carbocycles. The summed E-state index contributed by atoms with van der Waals surface area (Å²) >= 11 is 0. The van der Waals surface area contributed by atoms with Gasteiger partial charge >= 0.3 is 5.69 Å². The summed E-state index contributed by atoms with van der Waals surface area (Å²) in [6, 6.07) is 11.5. The van der Waals surface area contributed by atoms with E-state index in [1.54, 1.807) is 22.9 Å². The number of nitrogens with two attached hydrogens (primary N) is 1. The van der Waals surface area contributed by atoms with Crippen molar-refractivity contribution in [2.75, 3.05) is 5.01 Å². The van der Waals surface area contributed by atoms with Gasteiger partial charge in [0.1, 0.15) is 11.6 Å². The number of hydrazine groups is 1. The zero-order chi connectivity index (χ0) is 19.4. The van der Waals surface area contributed by atoms with E-state index in [1.165, 1.54) is 5.01 Å². The van der Waals surface area contributed by atoms with Crippen molar-refractivity contribution in [3.8, 4) is 11.4 Å².